The first kappa shape index (κ1) is 16.8. The third kappa shape index (κ3) is 4.96. The SMILES string of the molecule is COC(=O)C(N)c1cc(O)ccc1NC(=O)OC(C)(C)C. The smallest absolute Gasteiger partial charge is 0.412 e. The molecule has 0 bridgehead atoms. The number of hydrogen-bond acceptors (Lipinski definition) is 6. The van der Waals surface area contributed by atoms with Crippen molar-refractivity contribution in [3.63, 3.8) is 0 Å². The topological polar surface area (TPSA) is 111 Å². The van der Waals surface area contributed by atoms with E-state index in [9.17, 15) is 14.7 Å². The van der Waals surface area contributed by atoms with Crippen LogP contribution in [-0.4, -0.2) is 29.9 Å². The Hall–Kier alpha value is -2.28. The number of hydrogen-bond donors (Lipinski definition) is 3. The summed E-state index contributed by atoms with van der Waals surface area (Å²) in [4.78, 5) is 23.3. The van der Waals surface area contributed by atoms with Crippen LogP contribution in [0.3, 0.4) is 0 Å². The van der Waals surface area contributed by atoms with Crippen LogP contribution >= 0.6 is 0 Å². The number of nitrogens with two attached hydrogens (primary N) is 1. The highest BCUT2D eigenvalue weighted by Gasteiger charge is 2.23. The van der Waals surface area contributed by atoms with Crippen molar-refractivity contribution >= 4 is 17.7 Å². The highest BCUT2D eigenvalue weighted by Crippen LogP contribution is 2.27. The molecule has 0 saturated heterocycles. The molecule has 0 saturated carbocycles. The Morgan fingerprint density at radius 2 is 1.95 bits per heavy atom. The standard InChI is InChI=1S/C14H20N2O5/c1-14(2,3)21-13(19)16-10-6-5-8(17)7-9(10)11(15)12(18)20-4/h5-7,11,17H,15H2,1-4H3,(H,16,19). The monoisotopic (exact) mass is 296 g/mol. The van der Waals surface area contributed by atoms with Crippen molar-refractivity contribution in [1.29, 1.82) is 0 Å². The molecule has 0 aliphatic heterocycles. The number of esters is 1. The van der Waals surface area contributed by atoms with Crippen LogP contribution in [0.15, 0.2) is 18.2 Å². The summed E-state index contributed by atoms with van der Waals surface area (Å²) in [6.07, 6.45) is -0.688. The lowest BCUT2D eigenvalue weighted by atomic mass is 10.0. The van der Waals surface area contributed by atoms with Crippen LogP contribution < -0.4 is 11.1 Å². The zero-order valence-electron chi connectivity index (χ0n) is 12.5. The first-order valence-electron chi connectivity index (χ1n) is 6.30. The van der Waals surface area contributed by atoms with E-state index in [-0.39, 0.29) is 17.0 Å². The minimum absolute atomic E-state index is 0.0842. The number of rotatable bonds is 3. The highest BCUT2D eigenvalue weighted by molar-refractivity contribution is 5.88. The number of carbonyl (C=O) groups is 2. The number of phenolic OH excluding ortho intramolecular Hbond substituents is 1. The highest BCUT2D eigenvalue weighted by atomic mass is 16.6. The van der Waals surface area contributed by atoms with Crippen molar-refractivity contribution in [3.8, 4) is 5.75 Å². The number of carbonyl (C=O) groups excluding carboxylic acids is 2. The van der Waals surface area contributed by atoms with Crippen molar-refractivity contribution in [1.82, 2.24) is 0 Å². The number of benzene rings is 1. The number of anilines is 1. The van der Waals surface area contributed by atoms with Crippen LogP contribution in [0, 0.1) is 0 Å². The van der Waals surface area contributed by atoms with Gasteiger partial charge in [0.05, 0.1) is 7.11 Å². The van der Waals surface area contributed by atoms with Gasteiger partial charge in [-0.1, -0.05) is 0 Å². The number of methoxy groups -OCH3 is 1. The van der Waals surface area contributed by atoms with E-state index in [0.29, 0.717) is 0 Å². The number of ether oxygens (including phenoxy) is 2. The third-order valence-corrected chi connectivity index (χ3v) is 2.46. The maximum Gasteiger partial charge on any atom is 0.412 e. The van der Waals surface area contributed by atoms with E-state index in [4.69, 9.17) is 10.5 Å². The van der Waals surface area contributed by atoms with Crippen molar-refractivity contribution in [2.24, 2.45) is 5.73 Å². The zero-order chi connectivity index (χ0) is 16.2. The molecule has 4 N–H and O–H groups in total. The van der Waals surface area contributed by atoms with Gasteiger partial charge in [-0.25, -0.2) is 4.79 Å². The van der Waals surface area contributed by atoms with Crippen LogP contribution in [0.4, 0.5) is 10.5 Å². The molecular weight excluding hydrogens is 276 g/mol. The van der Waals surface area contributed by atoms with Crippen molar-refractivity contribution in [3.05, 3.63) is 23.8 Å². The lowest BCUT2D eigenvalue weighted by Gasteiger charge is -2.21. The molecule has 1 atom stereocenters. The minimum atomic E-state index is -1.13. The summed E-state index contributed by atoms with van der Waals surface area (Å²) in [6, 6.07) is 2.94. The van der Waals surface area contributed by atoms with Gasteiger partial charge in [0.15, 0.2) is 0 Å². The Kier molecular flexibility index (Phi) is 5.15. The third-order valence-electron chi connectivity index (χ3n) is 2.46. The Morgan fingerprint density at radius 3 is 2.48 bits per heavy atom. The average Bonchev–Trinajstić information content (AvgIpc) is 2.36. The molecule has 1 rings (SSSR count). The Morgan fingerprint density at radius 1 is 1.33 bits per heavy atom. The van der Waals surface area contributed by atoms with Gasteiger partial charge in [-0.05, 0) is 39.0 Å². The van der Waals surface area contributed by atoms with E-state index in [1.165, 1.54) is 25.3 Å². The number of nitrogens with one attached hydrogen (secondary N) is 1. The van der Waals surface area contributed by atoms with Gasteiger partial charge >= 0.3 is 12.1 Å². The predicted molar refractivity (Wildman–Crippen MR) is 76.9 cm³/mol. The molecule has 0 fully saturated rings. The second kappa shape index (κ2) is 6.45. The number of amides is 1. The molecule has 0 radical (unpaired) electrons. The fraction of sp³-hybridized carbons (Fsp3) is 0.429. The normalized spacial score (nSPS) is 12.4. The fourth-order valence-corrected chi connectivity index (χ4v) is 1.59. The maximum absolute atomic E-state index is 11.8. The van der Waals surface area contributed by atoms with Crippen LogP contribution in [0.2, 0.25) is 0 Å². The van der Waals surface area contributed by atoms with E-state index >= 15 is 0 Å². The molecule has 0 aliphatic carbocycles. The van der Waals surface area contributed by atoms with Gasteiger partial charge < -0.3 is 20.3 Å². The van der Waals surface area contributed by atoms with Crippen molar-refractivity contribution in [2.75, 3.05) is 12.4 Å². The Labute approximate surface area is 123 Å². The molecule has 0 spiro atoms. The summed E-state index contributed by atoms with van der Waals surface area (Å²) in [5, 5.41) is 12.0. The number of aromatic hydroxyl groups is 1. The van der Waals surface area contributed by atoms with Gasteiger partial charge in [0.1, 0.15) is 17.4 Å². The molecule has 0 aromatic heterocycles. The second-order valence-electron chi connectivity index (χ2n) is 5.40. The molecule has 1 aromatic rings. The van der Waals surface area contributed by atoms with E-state index in [1.807, 2.05) is 0 Å². The van der Waals surface area contributed by atoms with Gasteiger partial charge in [-0.15, -0.1) is 0 Å². The molecule has 1 aromatic carbocycles. The molecule has 0 aliphatic rings. The van der Waals surface area contributed by atoms with Gasteiger partial charge in [0.2, 0.25) is 0 Å². The summed E-state index contributed by atoms with van der Waals surface area (Å²) >= 11 is 0. The van der Waals surface area contributed by atoms with Crippen LogP contribution in [-0.2, 0) is 14.3 Å². The summed E-state index contributed by atoms with van der Waals surface area (Å²) in [5.41, 5.74) is 5.58. The predicted octanol–water partition coefficient (Wildman–Crippen LogP) is 1.91. The van der Waals surface area contributed by atoms with Crippen molar-refractivity contribution in [2.45, 2.75) is 32.4 Å². The average molecular weight is 296 g/mol. The lowest BCUT2D eigenvalue weighted by molar-refractivity contribution is -0.142. The Balaban J connectivity index is 3.02. The van der Waals surface area contributed by atoms with Gasteiger partial charge in [0.25, 0.3) is 0 Å². The summed E-state index contributed by atoms with van der Waals surface area (Å²) in [5.74, 6) is -0.771. The molecule has 7 nitrogen and oxygen atoms in total. The zero-order valence-corrected chi connectivity index (χ0v) is 12.5. The minimum Gasteiger partial charge on any atom is -0.508 e. The van der Waals surface area contributed by atoms with Crippen LogP contribution in [0.25, 0.3) is 0 Å². The molecule has 21 heavy (non-hydrogen) atoms. The summed E-state index contributed by atoms with van der Waals surface area (Å²) < 4.78 is 9.68. The van der Waals surface area contributed by atoms with Crippen LogP contribution in [0.5, 0.6) is 5.75 Å². The number of phenols is 1. The quantitative estimate of drug-likeness (QED) is 0.580. The van der Waals surface area contributed by atoms with Crippen molar-refractivity contribution < 1.29 is 24.2 Å². The Bertz CT molecular complexity index is 537. The largest absolute Gasteiger partial charge is 0.508 e. The fourth-order valence-electron chi connectivity index (χ4n) is 1.59. The van der Waals surface area contributed by atoms with E-state index in [0.717, 1.165) is 0 Å². The summed E-state index contributed by atoms with van der Waals surface area (Å²) in [7, 11) is 1.20. The lowest BCUT2D eigenvalue weighted by Crippen LogP contribution is -2.29. The maximum atomic E-state index is 11.8. The second-order valence-corrected chi connectivity index (χ2v) is 5.40. The molecular formula is C14H20N2O5. The molecule has 116 valence electrons. The van der Waals surface area contributed by atoms with E-state index in [2.05, 4.69) is 10.1 Å². The summed E-state index contributed by atoms with van der Waals surface area (Å²) in [6.45, 7) is 5.18. The first-order chi connectivity index (χ1) is 9.64. The van der Waals surface area contributed by atoms with Crippen LogP contribution in [0.1, 0.15) is 32.4 Å². The molecule has 0 heterocycles. The van der Waals surface area contributed by atoms with E-state index < -0.39 is 23.7 Å². The molecule has 7 heteroatoms. The van der Waals surface area contributed by atoms with Gasteiger partial charge in [0, 0.05) is 11.3 Å². The van der Waals surface area contributed by atoms with E-state index in [1.54, 1.807) is 20.8 Å². The van der Waals surface area contributed by atoms with Gasteiger partial charge in [-0.2, -0.15) is 0 Å². The first-order valence-corrected chi connectivity index (χ1v) is 6.30. The molecule has 1 unspecified atom stereocenters. The van der Waals surface area contributed by atoms with Gasteiger partial charge in [-0.3, -0.25) is 10.1 Å². The molecule has 1 amide bonds.